The molecule has 126 valence electrons. The fourth-order valence-corrected chi connectivity index (χ4v) is 4.31. The molecule has 0 amide bonds. The van der Waals surface area contributed by atoms with E-state index in [2.05, 4.69) is 10.3 Å². The smallest absolute Gasteiger partial charge is 0.246 e. The molecule has 1 atom stereocenters. The SMILES string of the molecule is CCC(c1ccc(F)cc1)S(=O)(=O)Cc1nnn(C)c1C(F)F. The van der Waals surface area contributed by atoms with Crippen molar-refractivity contribution in [1.82, 2.24) is 15.0 Å². The molecule has 0 bridgehead atoms. The second-order valence-electron chi connectivity index (χ2n) is 5.10. The summed E-state index contributed by atoms with van der Waals surface area (Å²) in [5.74, 6) is -1.12. The van der Waals surface area contributed by atoms with Crippen LogP contribution < -0.4 is 0 Å². The molecule has 9 heteroatoms. The fraction of sp³-hybridized carbons (Fsp3) is 0.429. The van der Waals surface area contributed by atoms with Crippen LogP contribution >= 0.6 is 0 Å². The second-order valence-corrected chi connectivity index (χ2v) is 7.28. The van der Waals surface area contributed by atoms with Crippen molar-refractivity contribution in [3.05, 3.63) is 47.0 Å². The maximum absolute atomic E-state index is 13.0. The number of alkyl halides is 2. The van der Waals surface area contributed by atoms with E-state index in [4.69, 9.17) is 0 Å². The Morgan fingerprint density at radius 3 is 2.35 bits per heavy atom. The van der Waals surface area contributed by atoms with E-state index in [1.165, 1.54) is 31.3 Å². The van der Waals surface area contributed by atoms with Crippen LogP contribution in [0.15, 0.2) is 24.3 Å². The average Bonchev–Trinajstić information content (AvgIpc) is 2.81. The molecule has 0 radical (unpaired) electrons. The summed E-state index contributed by atoms with van der Waals surface area (Å²) >= 11 is 0. The quantitative estimate of drug-likeness (QED) is 0.806. The zero-order valence-electron chi connectivity index (χ0n) is 12.6. The number of aromatic nitrogens is 3. The van der Waals surface area contributed by atoms with Crippen molar-refractivity contribution < 1.29 is 21.6 Å². The summed E-state index contributed by atoms with van der Waals surface area (Å²) in [6.45, 7) is 1.66. The Balaban J connectivity index is 2.35. The highest BCUT2D eigenvalue weighted by Gasteiger charge is 2.30. The van der Waals surface area contributed by atoms with Crippen molar-refractivity contribution >= 4 is 9.84 Å². The van der Waals surface area contributed by atoms with E-state index in [-0.39, 0.29) is 12.1 Å². The fourth-order valence-electron chi connectivity index (χ4n) is 2.44. The minimum atomic E-state index is -3.81. The van der Waals surface area contributed by atoms with Gasteiger partial charge in [0.2, 0.25) is 0 Å². The Bertz CT molecular complexity index is 773. The number of halogens is 3. The molecular weight excluding hydrogens is 331 g/mol. The van der Waals surface area contributed by atoms with Gasteiger partial charge in [-0.15, -0.1) is 5.10 Å². The van der Waals surface area contributed by atoms with Gasteiger partial charge in [0.15, 0.2) is 9.84 Å². The molecule has 1 unspecified atom stereocenters. The lowest BCUT2D eigenvalue weighted by Crippen LogP contribution is -2.16. The van der Waals surface area contributed by atoms with Gasteiger partial charge in [-0.3, -0.25) is 0 Å². The Morgan fingerprint density at radius 1 is 1.22 bits per heavy atom. The molecule has 5 nitrogen and oxygen atoms in total. The molecule has 0 saturated heterocycles. The predicted octanol–water partition coefficient (Wildman–Crippen LogP) is 2.96. The molecule has 0 N–H and O–H groups in total. The lowest BCUT2D eigenvalue weighted by Gasteiger charge is -2.16. The van der Waals surface area contributed by atoms with Crippen molar-refractivity contribution in [2.24, 2.45) is 7.05 Å². The van der Waals surface area contributed by atoms with Crippen molar-refractivity contribution in [3.63, 3.8) is 0 Å². The molecule has 1 aromatic heterocycles. The van der Waals surface area contributed by atoms with Crippen molar-refractivity contribution in [3.8, 4) is 0 Å². The highest BCUT2D eigenvalue weighted by atomic mass is 32.2. The normalized spacial score (nSPS) is 13.5. The van der Waals surface area contributed by atoms with E-state index >= 15 is 0 Å². The molecule has 0 spiro atoms. The Kier molecular flexibility index (Phi) is 5.08. The van der Waals surface area contributed by atoms with E-state index in [0.717, 1.165) is 4.68 Å². The van der Waals surface area contributed by atoms with Gasteiger partial charge in [-0.05, 0) is 24.1 Å². The van der Waals surface area contributed by atoms with Crippen LogP contribution in [0.3, 0.4) is 0 Å². The summed E-state index contributed by atoms with van der Waals surface area (Å²) in [7, 11) is -2.53. The first-order valence-electron chi connectivity index (χ1n) is 6.90. The van der Waals surface area contributed by atoms with Crippen LogP contribution in [0, 0.1) is 5.82 Å². The van der Waals surface area contributed by atoms with Gasteiger partial charge in [-0.2, -0.15) is 0 Å². The number of sulfone groups is 1. The summed E-state index contributed by atoms with van der Waals surface area (Å²) < 4.78 is 65.0. The summed E-state index contributed by atoms with van der Waals surface area (Å²) in [5, 5.41) is 6.08. The number of aryl methyl sites for hydroxylation is 1. The van der Waals surface area contributed by atoms with Crippen LogP contribution in [0.25, 0.3) is 0 Å². The number of rotatable bonds is 6. The topological polar surface area (TPSA) is 64.8 Å². The largest absolute Gasteiger partial charge is 0.281 e. The van der Waals surface area contributed by atoms with Gasteiger partial charge in [0.1, 0.15) is 17.2 Å². The first-order valence-corrected chi connectivity index (χ1v) is 8.61. The van der Waals surface area contributed by atoms with Gasteiger partial charge in [0.05, 0.1) is 11.0 Å². The highest BCUT2D eigenvalue weighted by molar-refractivity contribution is 7.90. The molecule has 0 fully saturated rings. The predicted molar refractivity (Wildman–Crippen MR) is 78.0 cm³/mol. The minimum Gasteiger partial charge on any atom is -0.246 e. The molecule has 2 aromatic rings. The van der Waals surface area contributed by atoms with Crippen LogP contribution in [0.5, 0.6) is 0 Å². The van der Waals surface area contributed by atoms with Crippen LogP contribution in [-0.2, 0) is 22.6 Å². The average molecular weight is 347 g/mol. The van der Waals surface area contributed by atoms with Gasteiger partial charge >= 0.3 is 0 Å². The van der Waals surface area contributed by atoms with Gasteiger partial charge in [0, 0.05) is 7.05 Å². The summed E-state index contributed by atoms with van der Waals surface area (Å²) in [6, 6.07) is 5.10. The third-order valence-electron chi connectivity index (χ3n) is 3.53. The van der Waals surface area contributed by atoms with Gasteiger partial charge in [-0.1, -0.05) is 24.3 Å². The zero-order chi connectivity index (χ0) is 17.2. The number of benzene rings is 1. The molecule has 1 aromatic carbocycles. The maximum atomic E-state index is 13.0. The van der Waals surface area contributed by atoms with Crippen LogP contribution in [-0.4, -0.2) is 23.4 Å². The molecule has 0 saturated carbocycles. The van der Waals surface area contributed by atoms with Crippen molar-refractivity contribution in [2.75, 3.05) is 0 Å². The van der Waals surface area contributed by atoms with E-state index in [0.29, 0.717) is 5.56 Å². The lowest BCUT2D eigenvalue weighted by molar-refractivity contribution is 0.140. The van der Waals surface area contributed by atoms with Crippen LogP contribution in [0.1, 0.15) is 42.0 Å². The molecule has 23 heavy (non-hydrogen) atoms. The second kappa shape index (κ2) is 6.69. The molecule has 2 rings (SSSR count). The lowest BCUT2D eigenvalue weighted by atomic mass is 10.1. The van der Waals surface area contributed by atoms with E-state index in [1.54, 1.807) is 6.92 Å². The zero-order valence-corrected chi connectivity index (χ0v) is 13.4. The number of hydrogen-bond donors (Lipinski definition) is 0. The summed E-state index contributed by atoms with van der Waals surface area (Å²) in [5.41, 5.74) is -0.359. The molecule has 0 aliphatic carbocycles. The summed E-state index contributed by atoms with van der Waals surface area (Å²) in [6.07, 6.45) is -2.63. The van der Waals surface area contributed by atoms with Crippen LogP contribution in [0.4, 0.5) is 13.2 Å². The van der Waals surface area contributed by atoms with Gasteiger partial charge in [-0.25, -0.2) is 26.3 Å². The Labute approximate surface area is 132 Å². The van der Waals surface area contributed by atoms with Crippen molar-refractivity contribution in [1.29, 1.82) is 0 Å². The van der Waals surface area contributed by atoms with E-state index in [9.17, 15) is 21.6 Å². The summed E-state index contributed by atoms with van der Waals surface area (Å²) in [4.78, 5) is 0. The maximum Gasteiger partial charge on any atom is 0.281 e. The van der Waals surface area contributed by atoms with Crippen LogP contribution in [0.2, 0.25) is 0 Å². The first kappa shape index (κ1) is 17.5. The van der Waals surface area contributed by atoms with E-state index in [1.807, 2.05) is 0 Å². The molecule has 1 heterocycles. The molecule has 0 aliphatic rings. The molecular formula is C14H16F3N3O2S. The highest BCUT2D eigenvalue weighted by Crippen LogP contribution is 2.30. The number of hydrogen-bond acceptors (Lipinski definition) is 4. The Hall–Kier alpha value is -1.90. The third kappa shape index (κ3) is 3.72. The third-order valence-corrected chi connectivity index (χ3v) is 5.68. The Morgan fingerprint density at radius 2 is 1.83 bits per heavy atom. The van der Waals surface area contributed by atoms with Gasteiger partial charge in [0.25, 0.3) is 6.43 Å². The van der Waals surface area contributed by atoms with E-state index < -0.39 is 38.8 Å². The first-order chi connectivity index (χ1) is 10.8. The monoisotopic (exact) mass is 347 g/mol. The minimum absolute atomic E-state index is 0.234. The van der Waals surface area contributed by atoms with Gasteiger partial charge < -0.3 is 0 Å². The van der Waals surface area contributed by atoms with Crippen molar-refractivity contribution in [2.45, 2.75) is 30.8 Å². The molecule has 0 aliphatic heterocycles. The standard InChI is InChI=1S/C14H16F3N3O2S/c1-3-12(9-4-6-10(15)7-5-9)23(21,22)8-11-13(14(16)17)20(2)19-18-11/h4-7,12,14H,3,8H2,1-2H3. The number of nitrogens with zero attached hydrogens (tertiary/aromatic N) is 3.